The predicted molar refractivity (Wildman–Crippen MR) is 233 cm³/mol. The van der Waals surface area contributed by atoms with Gasteiger partial charge in [0, 0.05) is 43.7 Å². The molecule has 0 saturated heterocycles. The number of fused-ring (bicyclic) bond motifs is 8. The maximum Gasteiger partial charge on any atom is 0.416 e. The maximum atomic E-state index is 13.9. The van der Waals surface area contributed by atoms with E-state index in [9.17, 15) is 73.7 Å². The van der Waals surface area contributed by atoms with Crippen LogP contribution >= 0.6 is 0 Å². The smallest absolute Gasteiger partial charge is 0.354 e. The lowest BCUT2D eigenvalue weighted by Gasteiger charge is -2.12. The molecule has 356 valence electrons. The molecular formula is C52H24F12N8. The summed E-state index contributed by atoms with van der Waals surface area (Å²) in [6, 6.07) is 28.0. The van der Waals surface area contributed by atoms with Crippen molar-refractivity contribution in [3.63, 3.8) is 0 Å². The first kappa shape index (κ1) is 47.7. The number of hydrogen-bond acceptors (Lipinski definition) is 4. The first-order chi connectivity index (χ1) is 34.0. The monoisotopic (exact) mass is 988 g/mol. The van der Waals surface area contributed by atoms with Gasteiger partial charge in [0.05, 0.1) is 67.3 Å². The van der Waals surface area contributed by atoms with Crippen LogP contribution in [0.15, 0.2) is 121 Å². The number of aromatic nitrogens is 4. The molecule has 8 aromatic rings. The third kappa shape index (κ3) is 8.35. The highest BCUT2D eigenvalue weighted by Crippen LogP contribution is 2.39. The van der Waals surface area contributed by atoms with Gasteiger partial charge in [-0.1, -0.05) is 48.5 Å². The van der Waals surface area contributed by atoms with Gasteiger partial charge in [-0.05, 0) is 95.1 Å². The molecule has 1 aliphatic rings. The summed E-state index contributed by atoms with van der Waals surface area (Å²) in [7, 11) is 0. The second-order valence-corrected chi connectivity index (χ2v) is 16.1. The summed E-state index contributed by atoms with van der Waals surface area (Å²) in [5.41, 5.74) is -6.82. The molecule has 0 aliphatic carbocycles. The van der Waals surface area contributed by atoms with E-state index in [1.807, 2.05) is 24.3 Å². The van der Waals surface area contributed by atoms with Gasteiger partial charge in [0.15, 0.2) is 0 Å². The number of benzene rings is 4. The number of hydrogen-bond donors (Lipinski definition) is 4. The number of alkyl halides is 12. The van der Waals surface area contributed by atoms with E-state index in [1.165, 1.54) is 24.3 Å². The highest BCUT2D eigenvalue weighted by atomic mass is 19.4. The van der Waals surface area contributed by atoms with Crippen molar-refractivity contribution in [3.05, 3.63) is 232 Å². The van der Waals surface area contributed by atoms with E-state index >= 15 is 0 Å². The van der Waals surface area contributed by atoms with Crippen molar-refractivity contribution in [2.75, 3.05) is 0 Å². The zero-order valence-corrected chi connectivity index (χ0v) is 35.9. The Labute approximate surface area is 396 Å². The van der Waals surface area contributed by atoms with Crippen molar-refractivity contribution < 1.29 is 52.7 Å². The van der Waals surface area contributed by atoms with Crippen LogP contribution < -0.4 is 21.4 Å². The van der Waals surface area contributed by atoms with Gasteiger partial charge in [-0.15, -0.1) is 0 Å². The predicted octanol–water partition coefficient (Wildman–Crippen LogP) is 9.86. The number of aromatic amines is 4. The quantitative estimate of drug-likeness (QED) is 0.130. The van der Waals surface area contributed by atoms with E-state index in [0.717, 1.165) is 97.1 Å². The fourth-order valence-electron chi connectivity index (χ4n) is 8.61. The van der Waals surface area contributed by atoms with Gasteiger partial charge in [-0.2, -0.15) is 73.7 Å². The Balaban J connectivity index is 1.53. The largest absolute Gasteiger partial charge is 0.416 e. The molecule has 5 heterocycles. The highest BCUT2D eigenvalue weighted by Gasteiger charge is 2.35. The summed E-state index contributed by atoms with van der Waals surface area (Å²) < 4.78 is 167. The molecule has 9 rings (SSSR count). The molecule has 0 radical (unpaired) electrons. The fourth-order valence-corrected chi connectivity index (χ4v) is 8.61. The van der Waals surface area contributed by atoms with Crippen LogP contribution in [0.25, 0.3) is 22.3 Å². The zero-order chi connectivity index (χ0) is 51.7. The standard InChI is InChI=1S/C52H24F12N8/c53-49(54,55)29-9-1-25(2-10-29)41-37-17-18-38(69-37)42(26-3-11-30(12-4-26)50(56,57)58)47-35(23-67)36(24-68)48(72-47)44(28-7-15-32(16-8-28)52(62,63)64)40-20-19-39(70-40)43(27-5-13-31(14-6-27)51(59,60)61)46-34(22-66)33(21-65)45(41)71-46/h1-20,69-72H/b41-37-,42-38-,43-39-,44-40-,45-41?,46-43?,47-42?,48-44?. The number of nitrogens with one attached hydrogen (secondary N) is 4. The Hall–Kier alpha value is -9.40. The van der Waals surface area contributed by atoms with Crippen molar-refractivity contribution in [1.82, 2.24) is 19.9 Å². The van der Waals surface area contributed by atoms with Gasteiger partial charge in [-0.3, -0.25) is 0 Å². The molecule has 4 N–H and O–H groups in total. The average molecular weight is 989 g/mol. The topological polar surface area (TPSA) is 158 Å². The maximum absolute atomic E-state index is 13.9. The van der Waals surface area contributed by atoms with Crippen LogP contribution in [0.3, 0.4) is 0 Å². The number of nitrogens with zero attached hydrogens (tertiary/aromatic N) is 4. The van der Waals surface area contributed by atoms with Gasteiger partial charge in [0.2, 0.25) is 0 Å². The number of nitriles is 4. The first-order valence-electron chi connectivity index (χ1n) is 20.8. The Morgan fingerprint density at radius 3 is 0.597 bits per heavy atom. The van der Waals surface area contributed by atoms with Crippen LogP contribution in [0.4, 0.5) is 52.7 Å². The van der Waals surface area contributed by atoms with Crippen molar-refractivity contribution in [2.24, 2.45) is 0 Å². The molecular weight excluding hydrogens is 965 g/mol. The average Bonchev–Trinajstić information content (AvgIpc) is 4.15. The molecule has 0 spiro atoms. The van der Waals surface area contributed by atoms with Crippen LogP contribution in [-0.4, -0.2) is 19.9 Å². The third-order valence-corrected chi connectivity index (χ3v) is 11.9. The van der Waals surface area contributed by atoms with E-state index in [0.29, 0.717) is 0 Å². The van der Waals surface area contributed by atoms with E-state index in [4.69, 9.17) is 0 Å². The minimum absolute atomic E-state index is 0.00282. The molecule has 8 nitrogen and oxygen atoms in total. The van der Waals surface area contributed by atoms with Crippen LogP contribution in [0, 0.1) is 45.3 Å². The van der Waals surface area contributed by atoms with Crippen LogP contribution in [-0.2, 0) is 24.7 Å². The van der Waals surface area contributed by atoms with Crippen molar-refractivity contribution in [3.8, 4) is 24.3 Å². The number of rotatable bonds is 4. The lowest BCUT2D eigenvalue weighted by molar-refractivity contribution is -0.138. The van der Waals surface area contributed by atoms with Gasteiger partial charge in [-0.25, -0.2) is 0 Å². The Kier molecular flexibility index (Phi) is 11.4. The molecule has 8 bridgehead atoms. The second kappa shape index (κ2) is 17.2. The highest BCUT2D eigenvalue weighted by molar-refractivity contribution is 5.90. The first-order valence-corrected chi connectivity index (χ1v) is 20.8. The molecule has 0 atom stereocenters. The lowest BCUT2D eigenvalue weighted by Crippen LogP contribution is -2.19. The van der Waals surface area contributed by atoms with Crippen LogP contribution in [0.2, 0.25) is 0 Å². The summed E-state index contributed by atoms with van der Waals surface area (Å²) >= 11 is 0. The van der Waals surface area contributed by atoms with Gasteiger partial charge >= 0.3 is 24.7 Å². The molecule has 1 aliphatic heterocycles. The Morgan fingerprint density at radius 2 is 0.444 bits per heavy atom. The molecule has 4 aromatic carbocycles. The molecule has 0 amide bonds. The normalized spacial score (nSPS) is 16.1. The Bertz CT molecular complexity index is 3410. The minimum atomic E-state index is -4.81. The molecule has 0 saturated carbocycles. The second-order valence-electron chi connectivity index (χ2n) is 16.1. The zero-order valence-electron chi connectivity index (χ0n) is 35.9. The third-order valence-electron chi connectivity index (χ3n) is 11.9. The van der Waals surface area contributed by atoms with E-state index in [1.54, 1.807) is 0 Å². The molecule has 0 fully saturated rings. The molecule has 20 heteroatoms. The molecule has 4 aromatic heterocycles. The van der Waals surface area contributed by atoms with Crippen LogP contribution in [0.5, 0.6) is 0 Å². The van der Waals surface area contributed by atoms with Gasteiger partial charge in [0.25, 0.3) is 0 Å². The minimum Gasteiger partial charge on any atom is -0.354 e. The van der Waals surface area contributed by atoms with Crippen LogP contribution in [0.1, 0.15) is 89.5 Å². The summed E-state index contributed by atoms with van der Waals surface area (Å²) in [5, 5.41) is 43.3. The number of H-pyrrole nitrogens is 4. The summed E-state index contributed by atoms with van der Waals surface area (Å²) in [4.78, 5) is 12.3. The van der Waals surface area contributed by atoms with Gasteiger partial charge < -0.3 is 19.9 Å². The van der Waals surface area contributed by atoms with Crippen molar-refractivity contribution in [2.45, 2.75) is 24.7 Å². The SMILES string of the molecule is N#Cc1c2[nH]c(c1C#N)/C(c1ccc(C(F)(F)F)cc1)=c1/cc/c([nH]1)=C(\c1ccc(C(F)(F)F)cc1)c1[nH]c(c(C#N)c1C#N)/C(c1ccc(C(F)(F)F)cc1)=c1/cc/c([nH]1)=C/2c1ccc(C(F)(F)F)cc1. The summed E-state index contributed by atoms with van der Waals surface area (Å²) in [6.45, 7) is 0. The van der Waals surface area contributed by atoms with E-state index in [-0.39, 0.29) is 111 Å². The van der Waals surface area contributed by atoms with E-state index in [2.05, 4.69) is 19.9 Å². The molecule has 0 unspecified atom stereocenters. The van der Waals surface area contributed by atoms with Gasteiger partial charge in [0.1, 0.15) is 24.3 Å². The summed E-state index contributed by atoms with van der Waals surface area (Å²) in [6.07, 6.45) is -19.2. The fraction of sp³-hybridized carbons (Fsp3) is 0.0769. The Morgan fingerprint density at radius 1 is 0.264 bits per heavy atom. The van der Waals surface area contributed by atoms with Crippen molar-refractivity contribution in [1.29, 1.82) is 21.0 Å². The molecule has 72 heavy (non-hydrogen) atoms. The lowest BCUT2D eigenvalue weighted by atomic mass is 9.95. The van der Waals surface area contributed by atoms with E-state index < -0.39 is 47.0 Å². The number of halogens is 12. The van der Waals surface area contributed by atoms with Crippen molar-refractivity contribution >= 4 is 22.3 Å². The summed E-state index contributed by atoms with van der Waals surface area (Å²) in [5.74, 6) is 0.